The Bertz CT molecular complexity index is 1740. The normalized spacial score (nSPS) is 13.1. The molecule has 0 bridgehead atoms. The molecule has 0 saturated carbocycles. The lowest BCUT2D eigenvalue weighted by Crippen LogP contribution is -2.44. The average molecular weight is 1250 g/mol. The Kier molecular flexibility index (Phi) is 67.6. The van der Waals surface area contributed by atoms with E-state index >= 15 is 0 Å². The molecule has 0 aromatic rings. The molecule has 0 amide bonds. The molecule has 0 saturated heterocycles. The van der Waals surface area contributed by atoms with Gasteiger partial charge in [0.1, 0.15) is 13.2 Å². The summed E-state index contributed by atoms with van der Waals surface area (Å²) in [6.07, 6.45) is 92.6. The van der Waals surface area contributed by atoms with Crippen molar-refractivity contribution in [1.29, 1.82) is 0 Å². The number of nitrogens with zero attached hydrogens (tertiary/aromatic N) is 1. The van der Waals surface area contributed by atoms with Gasteiger partial charge in [-0.05, 0) is 89.9 Å². The summed E-state index contributed by atoms with van der Waals surface area (Å²) in [6, 6.07) is 0. The molecule has 0 N–H and O–H groups in total. The van der Waals surface area contributed by atoms with E-state index in [1.165, 1.54) is 238 Å². The molecule has 0 rings (SSSR count). The van der Waals surface area contributed by atoms with Crippen LogP contribution in [0.25, 0.3) is 0 Å². The first-order valence-electron chi connectivity index (χ1n) is 37.7. The second-order valence-corrected chi connectivity index (χ2v) is 26.6. The van der Waals surface area contributed by atoms with Crippen molar-refractivity contribution in [3.63, 3.8) is 0 Å². The second-order valence-electron chi connectivity index (χ2n) is 26.6. The predicted molar refractivity (Wildman–Crippen MR) is 380 cm³/mol. The van der Waals surface area contributed by atoms with Crippen LogP contribution in [0.3, 0.4) is 0 Å². The molecule has 0 aliphatic heterocycles. The Morgan fingerprint density at radius 2 is 0.640 bits per heavy atom. The number of aliphatic carboxylic acids is 1. The summed E-state index contributed by atoms with van der Waals surface area (Å²) in [6.45, 7) is 4.67. The molecule has 0 aliphatic rings. The van der Waals surface area contributed by atoms with E-state index in [4.69, 9.17) is 18.9 Å². The number of quaternary nitrogens is 1. The topological polar surface area (TPSA) is 111 Å². The molecule has 0 fully saturated rings. The summed E-state index contributed by atoms with van der Waals surface area (Å²) in [4.78, 5) is 37.5. The largest absolute Gasteiger partial charge is 0.545 e. The maximum atomic E-state index is 12.9. The van der Waals surface area contributed by atoms with Gasteiger partial charge in [0, 0.05) is 12.8 Å². The van der Waals surface area contributed by atoms with Crippen LogP contribution in [0.15, 0.2) is 85.1 Å². The summed E-state index contributed by atoms with van der Waals surface area (Å²) in [7, 11) is 5.94. The van der Waals surface area contributed by atoms with Crippen molar-refractivity contribution >= 4 is 17.9 Å². The highest BCUT2D eigenvalue weighted by atomic mass is 16.7. The minimum absolute atomic E-state index is 0.147. The summed E-state index contributed by atoms with van der Waals surface area (Å²) in [5, 5.41) is 11.8. The van der Waals surface area contributed by atoms with Gasteiger partial charge >= 0.3 is 11.9 Å². The number of hydrogen-bond donors (Lipinski definition) is 0. The van der Waals surface area contributed by atoms with Gasteiger partial charge in [0.2, 0.25) is 0 Å². The van der Waals surface area contributed by atoms with Crippen LogP contribution in [-0.2, 0) is 33.3 Å². The molecule has 0 heterocycles. The first-order chi connectivity index (χ1) is 43.6. The van der Waals surface area contributed by atoms with Gasteiger partial charge < -0.3 is 33.3 Å². The van der Waals surface area contributed by atoms with Crippen molar-refractivity contribution in [3.8, 4) is 0 Å². The third-order valence-electron chi connectivity index (χ3n) is 16.6. The van der Waals surface area contributed by atoms with Crippen molar-refractivity contribution < 1.29 is 42.9 Å². The zero-order chi connectivity index (χ0) is 64.7. The number of likely N-dealkylation sites (N-methyl/N-ethyl adjacent to an activating group) is 1. The van der Waals surface area contributed by atoms with Crippen LogP contribution in [0.2, 0.25) is 0 Å². The Morgan fingerprint density at radius 1 is 0.348 bits per heavy atom. The molecule has 9 heteroatoms. The molecule has 0 radical (unpaired) electrons. The summed E-state index contributed by atoms with van der Waals surface area (Å²) < 4.78 is 22.8. The van der Waals surface area contributed by atoms with Gasteiger partial charge in [-0.3, -0.25) is 9.59 Å². The Morgan fingerprint density at radius 3 is 0.955 bits per heavy atom. The van der Waals surface area contributed by atoms with Crippen LogP contribution in [0, 0.1) is 0 Å². The van der Waals surface area contributed by atoms with Gasteiger partial charge in [-0.15, -0.1) is 0 Å². The van der Waals surface area contributed by atoms with Gasteiger partial charge in [-0.1, -0.05) is 330 Å². The molecular formula is C80H143NO8. The van der Waals surface area contributed by atoms with Gasteiger partial charge in [-0.2, -0.15) is 0 Å². The number of unbranched alkanes of at least 4 members (excludes halogenated alkanes) is 41. The van der Waals surface area contributed by atoms with E-state index in [0.717, 1.165) is 77.0 Å². The van der Waals surface area contributed by atoms with Crippen molar-refractivity contribution in [2.45, 2.75) is 360 Å². The molecule has 0 aliphatic carbocycles. The first-order valence-corrected chi connectivity index (χ1v) is 37.7. The average Bonchev–Trinajstić information content (AvgIpc) is 3.64. The zero-order valence-corrected chi connectivity index (χ0v) is 59.0. The lowest BCUT2D eigenvalue weighted by Gasteiger charge is -2.26. The Labute approximate surface area is 550 Å². The van der Waals surface area contributed by atoms with Gasteiger partial charge in [0.25, 0.3) is 0 Å². The standard InChI is InChI=1S/C80H143NO8/c1-6-8-10-12-14-16-18-20-22-24-26-28-30-32-34-35-36-37-38-39-40-41-42-43-45-46-48-50-52-54-56-58-60-62-64-66-68-70-77(82)87-74-76(75-88-80(79(84)85)86-73-72-81(3,4)5)89-78(83)71-69-67-65-63-61-59-57-55-53-51-49-47-44-33-31-29-27-25-23-21-19-17-15-13-11-9-7-2/h9,11,15,17-18,20-21,23-24,26-27,29-30,32,76,80H,6-8,10,12-14,16,19,22,25,28,31,33-75H2,1-5H3/b11-9-,17-15-,20-18-,23-21-,26-24-,29-27-,32-30-. The molecule has 0 aromatic carbocycles. The number of carbonyl (C=O) groups excluding carboxylic acids is 3. The van der Waals surface area contributed by atoms with E-state index in [-0.39, 0.29) is 32.2 Å². The van der Waals surface area contributed by atoms with Crippen molar-refractivity contribution in [3.05, 3.63) is 85.1 Å². The third kappa shape index (κ3) is 71.8. The van der Waals surface area contributed by atoms with Crippen LogP contribution in [0.5, 0.6) is 0 Å². The number of hydrogen-bond acceptors (Lipinski definition) is 8. The third-order valence-corrected chi connectivity index (χ3v) is 16.6. The molecule has 0 aromatic heterocycles. The number of ether oxygens (including phenoxy) is 4. The van der Waals surface area contributed by atoms with Crippen LogP contribution < -0.4 is 5.11 Å². The first kappa shape index (κ1) is 85.5. The number of carboxylic acid groups (broad SMARTS) is 1. The molecular weight excluding hydrogens is 1100 g/mol. The van der Waals surface area contributed by atoms with Crippen molar-refractivity contribution in [2.24, 2.45) is 0 Å². The van der Waals surface area contributed by atoms with Crippen LogP contribution in [-0.4, -0.2) is 82.3 Å². The fraction of sp³-hybridized carbons (Fsp3) is 0.787. The van der Waals surface area contributed by atoms with Crippen LogP contribution >= 0.6 is 0 Å². The highest BCUT2D eigenvalue weighted by molar-refractivity contribution is 5.70. The lowest BCUT2D eigenvalue weighted by atomic mass is 10.0. The van der Waals surface area contributed by atoms with Crippen LogP contribution in [0.1, 0.15) is 348 Å². The van der Waals surface area contributed by atoms with Gasteiger partial charge in [0.05, 0.1) is 40.3 Å². The Hall–Kier alpha value is -3.53. The maximum absolute atomic E-state index is 12.9. The fourth-order valence-electron chi connectivity index (χ4n) is 10.9. The van der Waals surface area contributed by atoms with Gasteiger partial charge in [-0.25, -0.2) is 0 Å². The summed E-state index contributed by atoms with van der Waals surface area (Å²) in [5.41, 5.74) is 0. The highest BCUT2D eigenvalue weighted by Gasteiger charge is 2.22. The molecule has 516 valence electrons. The fourth-order valence-corrected chi connectivity index (χ4v) is 10.9. The van der Waals surface area contributed by atoms with E-state index in [9.17, 15) is 19.5 Å². The second kappa shape index (κ2) is 70.3. The zero-order valence-electron chi connectivity index (χ0n) is 59.0. The Balaban J connectivity index is 4.01. The number of carbonyl (C=O) groups is 3. The van der Waals surface area contributed by atoms with Gasteiger partial charge in [0.15, 0.2) is 12.4 Å². The summed E-state index contributed by atoms with van der Waals surface area (Å²) >= 11 is 0. The van der Waals surface area contributed by atoms with E-state index in [0.29, 0.717) is 23.9 Å². The lowest BCUT2D eigenvalue weighted by molar-refractivity contribution is -0.870. The smallest absolute Gasteiger partial charge is 0.306 e. The molecule has 2 unspecified atom stereocenters. The quantitative estimate of drug-likeness (QED) is 0.0195. The molecule has 0 spiro atoms. The summed E-state index contributed by atoms with van der Waals surface area (Å²) in [5.74, 6) is -2.27. The predicted octanol–water partition coefficient (Wildman–Crippen LogP) is 22.5. The minimum atomic E-state index is -1.62. The van der Waals surface area contributed by atoms with E-state index in [1.54, 1.807) is 0 Å². The van der Waals surface area contributed by atoms with Crippen molar-refractivity contribution in [2.75, 3.05) is 47.5 Å². The maximum Gasteiger partial charge on any atom is 0.306 e. The molecule has 9 nitrogen and oxygen atoms in total. The highest BCUT2D eigenvalue weighted by Crippen LogP contribution is 2.18. The van der Waals surface area contributed by atoms with E-state index in [2.05, 4.69) is 98.9 Å². The van der Waals surface area contributed by atoms with Crippen LogP contribution in [0.4, 0.5) is 0 Å². The minimum Gasteiger partial charge on any atom is -0.545 e. The number of carboxylic acids is 1. The van der Waals surface area contributed by atoms with E-state index < -0.39 is 24.3 Å². The molecule has 89 heavy (non-hydrogen) atoms. The SMILES string of the molecule is CC/C=C\C/C=C\C/C=C\C/C=C\CCCCCCCCCCCCCCCCC(=O)OC(COC(=O)CCCCCCCCCCCCCCCCCCCCCCCC/C=C\C/C=C\C/C=C\CCCCCCC)COC(OCC[N+](C)(C)C)C(=O)[O-]. The van der Waals surface area contributed by atoms with E-state index in [1.807, 2.05) is 21.1 Å². The molecule has 2 atom stereocenters. The number of allylic oxidation sites excluding steroid dienone is 14. The number of rotatable bonds is 70. The number of esters is 2. The van der Waals surface area contributed by atoms with Crippen molar-refractivity contribution in [1.82, 2.24) is 0 Å². The monoisotopic (exact) mass is 1250 g/mol.